The van der Waals surface area contributed by atoms with E-state index < -0.39 is 17.7 Å². The minimum atomic E-state index is -0.886. The first-order valence-corrected chi connectivity index (χ1v) is 13.2. The monoisotopic (exact) mass is 540 g/mol. The molecule has 1 atom stereocenters. The highest BCUT2D eigenvalue weighted by molar-refractivity contribution is 7.22. The lowest BCUT2D eigenvalue weighted by molar-refractivity contribution is -0.132. The van der Waals surface area contributed by atoms with E-state index in [2.05, 4.69) is 6.58 Å². The van der Waals surface area contributed by atoms with Crippen molar-refractivity contribution in [2.45, 2.75) is 26.8 Å². The number of hydrogen-bond acceptors (Lipinski definition) is 7. The number of amides is 1. The van der Waals surface area contributed by atoms with Crippen LogP contribution in [0.25, 0.3) is 16.0 Å². The van der Waals surface area contributed by atoms with E-state index in [0.29, 0.717) is 34.4 Å². The van der Waals surface area contributed by atoms with Crippen LogP contribution in [0.1, 0.15) is 33.9 Å². The molecule has 1 aliphatic rings. The molecule has 0 radical (unpaired) electrons. The second-order valence-corrected chi connectivity index (χ2v) is 10.5. The molecule has 0 bridgehead atoms. The summed E-state index contributed by atoms with van der Waals surface area (Å²) in [6.07, 6.45) is 1.65. The van der Waals surface area contributed by atoms with E-state index in [-0.39, 0.29) is 11.3 Å². The van der Waals surface area contributed by atoms with E-state index in [1.54, 1.807) is 55.7 Å². The number of benzene rings is 3. The number of aryl methyl sites for hydroxylation is 3. The summed E-state index contributed by atoms with van der Waals surface area (Å²) in [5.41, 5.74) is 4.68. The number of aliphatic hydroxyl groups excluding tert-OH is 1. The molecule has 1 saturated heterocycles. The molecule has 39 heavy (non-hydrogen) atoms. The van der Waals surface area contributed by atoms with Gasteiger partial charge in [-0.2, -0.15) is 0 Å². The van der Waals surface area contributed by atoms with Gasteiger partial charge >= 0.3 is 5.91 Å². The third-order valence-electron chi connectivity index (χ3n) is 6.70. The Morgan fingerprint density at radius 3 is 2.49 bits per heavy atom. The number of fused-ring (bicyclic) bond motifs is 1. The SMILES string of the molecule is C=CCOc1ccc([C@H]2C(=C(O)c3ccc(OC)c(C)c3)C(=O)C(=O)N2c2nc3c(C)cc(C)cc3s2)cc1. The van der Waals surface area contributed by atoms with Crippen molar-refractivity contribution in [1.29, 1.82) is 0 Å². The van der Waals surface area contributed by atoms with Crippen molar-refractivity contribution in [2.75, 3.05) is 18.6 Å². The lowest BCUT2D eigenvalue weighted by Crippen LogP contribution is -2.29. The number of methoxy groups -OCH3 is 1. The fourth-order valence-corrected chi connectivity index (χ4v) is 6.06. The van der Waals surface area contributed by atoms with Crippen LogP contribution in [-0.2, 0) is 9.59 Å². The first kappa shape index (κ1) is 26.2. The van der Waals surface area contributed by atoms with Crippen molar-refractivity contribution < 1.29 is 24.2 Å². The van der Waals surface area contributed by atoms with Gasteiger partial charge in [0.1, 0.15) is 23.9 Å². The highest BCUT2D eigenvalue weighted by Crippen LogP contribution is 2.45. The van der Waals surface area contributed by atoms with E-state index in [1.165, 1.54) is 16.2 Å². The molecule has 5 rings (SSSR count). The largest absolute Gasteiger partial charge is 0.507 e. The van der Waals surface area contributed by atoms with E-state index in [4.69, 9.17) is 14.5 Å². The zero-order chi connectivity index (χ0) is 27.8. The van der Waals surface area contributed by atoms with Crippen molar-refractivity contribution in [3.63, 3.8) is 0 Å². The van der Waals surface area contributed by atoms with Gasteiger partial charge in [0.25, 0.3) is 5.78 Å². The number of aliphatic hydroxyl groups is 1. The molecule has 0 spiro atoms. The van der Waals surface area contributed by atoms with Gasteiger partial charge in [-0.25, -0.2) is 4.98 Å². The van der Waals surface area contributed by atoms with Crippen LogP contribution in [0.15, 0.2) is 72.8 Å². The number of ether oxygens (including phenoxy) is 2. The zero-order valence-corrected chi connectivity index (χ0v) is 23.0. The molecule has 3 aromatic carbocycles. The van der Waals surface area contributed by atoms with Crippen molar-refractivity contribution in [2.24, 2.45) is 0 Å². The predicted molar refractivity (Wildman–Crippen MR) is 154 cm³/mol. The number of Topliss-reactive ketones (excluding diaryl/α,β-unsaturated/α-hetero) is 1. The van der Waals surface area contributed by atoms with Crippen molar-refractivity contribution in [3.8, 4) is 11.5 Å². The molecule has 0 aliphatic carbocycles. The Balaban J connectivity index is 1.70. The maximum atomic E-state index is 13.6. The van der Waals surface area contributed by atoms with E-state index >= 15 is 0 Å². The molecular formula is C31H28N2O5S. The molecule has 1 aliphatic heterocycles. The van der Waals surface area contributed by atoms with Crippen LogP contribution in [0, 0.1) is 20.8 Å². The summed E-state index contributed by atoms with van der Waals surface area (Å²) in [6.45, 7) is 9.84. The van der Waals surface area contributed by atoms with Gasteiger partial charge in [-0.15, -0.1) is 0 Å². The summed E-state index contributed by atoms with van der Waals surface area (Å²) in [6, 6.07) is 15.4. The van der Waals surface area contributed by atoms with Crippen LogP contribution >= 0.6 is 11.3 Å². The lowest BCUT2D eigenvalue weighted by atomic mass is 9.95. The smallest absolute Gasteiger partial charge is 0.301 e. The first-order valence-electron chi connectivity index (χ1n) is 12.4. The molecule has 0 saturated carbocycles. The lowest BCUT2D eigenvalue weighted by Gasteiger charge is -2.23. The number of rotatable bonds is 7. The third kappa shape index (κ3) is 4.68. The van der Waals surface area contributed by atoms with Gasteiger partial charge < -0.3 is 14.6 Å². The minimum absolute atomic E-state index is 0.00325. The number of aromatic nitrogens is 1. The quantitative estimate of drug-likeness (QED) is 0.126. The Morgan fingerprint density at radius 2 is 1.82 bits per heavy atom. The van der Waals surface area contributed by atoms with Crippen molar-refractivity contribution in [3.05, 3.63) is 101 Å². The number of thiazole rings is 1. The fourth-order valence-electron chi connectivity index (χ4n) is 4.89. The maximum absolute atomic E-state index is 13.6. The summed E-state index contributed by atoms with van der Waals surface area (Å²) >= 11 is 1.34. The van der Waals surface area contributed by atoms with Gasteiger partial charge in [0, 0.05) is 5.56 Å². The topological polar surface area (TPSA) is 89.0 Å². The van der Waals surface area contributed by atoms with Gasteiger partial charge in [0.15, 0.2) is 5.13 Å². The van der Waals surface area contributed by atoms with Crippen LogP contribution in [0.3, 0.4) is 0 Å². The van der Waals surface area contributed by atoms with Gasteiger partial charge in [-0.1, -0.05) is 42.2 Å². The number of carbonyl (C=O) groups excluding carboxylic acids is 2. The summed E-state index contributed by atoms with van der Waals surface area (Å²) in [7, 11) is 1.57. The Morgan fingerprint density at radius 1 is 1.08 bits per heavy atom. The van der Waals surface area contributed by atoms with Crippen LogP contribution < -0.4 is 14.4 Å². The van der Waals surface area contributed by atoms with Gasteiger partial charge in [0.2, 0.25) is 0 Å². The minimum Gasteiger partial charge on any atom is -0.507 e. The van der Waals surface area contributed by atoms with Crippen LogP contribution in [0.5, 0.6) is 11.5 Å². The van der Waals surface area contributed by atoms with Crippen LogP contribution in [-0.4, -0.2) is 35.5 Å². The van der Waals surface area contributed by atoms with E-state index in [9.17, 15) is 14.7 Å². The number of carbonyl (C=O) groups is 2. The van der Waals surface area contributed by atoms with Crippen LogP contribution in [0.4, 0.5) is 5.13 Å². The molecule has 4 aromatic rings. The molecular weight excluding hydrogens is 512 g/mol. The predicted octanol–water partition coefficient (Wildman–Crippen LogP) is 6.42. The molecule has 1 N–H and O–H groups in total. The Bertz CT molecular complexity index is 1650. The van der Waals surface area contributed by atoms with Crippen LogP contribution in [0.2, 0.25) is 0 Å². The maximum Gasteiger partial charge on any atom is 0.301 e. The zero-order valence-electron chi connectivity index (χ0n) is 22.1. The van der Waals surface area contributed by atoms with Gasteiger partial charge in [-0.05, 0) is 79.4 Å². The first-order chi connectivity index (χ1) is 18.7. The molecule has 8 heteroatoms. The molecule has 198 valence electrons. The molecule has 1 aromatic heterocycles. The molecule has 1 fully saturated rings. The Kier molecular flexibility index (Phi) is 6.97. The summed E-state index contributed by atoms with van der Waals surface area (Å²) in [5.74, 6) is -0.504. The third-order valence-corrected chi connectivity index (χ3v) is 7.70. The number of anilines is 1. The van der Waals surface area contributed by atoms with Crippen molar-refractivity contribution >= 4 is 44.1 Å². The van der Waals surface area contributed by atoms with Gasteiger partial charge in [0.05, 0.1) is 28.9 Å². The fraction of sp³-hybridized carbons (Fsp3) is 0.194. The van der Waals surface area contributed by atoms with Gasteiger partial charge in [-0.3, -0.25) is 14.5 Å². The van der Waals surface area contributed by atoms with E-state index in [0.717, 1.165) is 26.9 Å². The highest BCUT2D eigenvalue weighted by Gasteiger charge is 2.48. The normalized spacial score (nSPS) is 16.6. The molecule has 7 nitrogen and oxygen atoms in total. The number of hydrogen-bond donors (Lipinski definition) is 1. The Hall–Kier alpha value is -4.43. The summed E-state index contributed by atoms with van der Waals surface area (Å²) in [5, 5.41) is 11.9. The second-order valence-electron chi connectivity index (χ2n) is 9.45. The Labute approximate surface area is 230 Å². The highest BCUT2D eigenvalue weighted by atomic mass is 32.1. The average molecular weight is 541 g/mol. The average Bonchev–Trinajstić information content (AvgIpc) is 3.45. The molecule has 2 heterocycles. The summed E-state index contributed by atoms with van der Waals surface area (Å²) < 4.78 is 11.9. The van der Waals surface area contributed by atoms with Crippen molar-refractivity contribution in [1.82, 2.24) is 4.98 Å². The number of nitrogens with zero attached hydrogens (tertiary/aromatic N) is 2. The van der Waals surface area contributed by atoms with E-state index in [1.807, 2.05) is 32.9 Å². The molecule has 1 amide bonds. The summed E-state index contributed by atoms with van der Waals surface area (Å²) in [4.78, 5) is 33.3. The second kappa shape index (κ2) is 10.4. The molecule has 0 unspecified atom stereocenters. The number of ketones is 1. The standard InChI is InChI=1S/C31H28N2O5S/c1-6-13-38-22-10-7-20(8-11-22)27-25(28(34)21-9-12-23(37-5)18(3)16-21)29(35)30(36)33(27)31-32-26-19(4)14-17(2)15-24(26)39-31/h6-12,14-16,27,34H,1,13H2,2-5H3/t27-/m0/s1.